The van der Waals surface area contributed by atoms with Crippen LogP contribution in [0.25, 0.3) is 17.0 Å². The number of allylic oxidation sites excluding steroid dienone is 1. The van der Waals surface area contributed by atoms with Crippen molar-refractivity contribution in [2.24, 2.45) is 0 Å². The Bertz CT molecular complexity index is 972. The van der Waals surface area contributed by atoms with Crippen molar-refractivity contribution >= 4 is 30.7 Å². The fraction of sp³-hybridized carbons (Fsp3) is 0.0526. The molecule has 23 heavy (non-hydrogen) atoms. The van der Waals surface area contributed by atoms with Crippen LogP contribution in [-0.4, -0.2) is 18.2 Å². The highest BCUT2D eigenvalue weighted by Crippen LogP contribution is 2.19. The lowest BCUT2D eigenvalue weighted by atomic mass is 9.99. The number of hydrogen-bond acceptors (Lipinski definition) is 2. The maximum Gasteiger partial charge on any atom is 0.249 e. The van der Waals surface area contributed by atoms with Crippen LogP contribution >= 0.6 is 0 Å². The second-order valence-corrected chi connectivity index (χ2v) is 5.49. The number of aryl methyl sites for hydroxylation is 1. The molecule has 3 rings (SSSR count). The number of hydrogen-bond donors (Lipinski definition) is 0. The van der Waals surface area contributed by atoms with E-state index in [4.69, 9.17) is 0 Å². The summed E-state index contributed by atoms with van der Waals surface area (Å²) < 4.78 is 1.53. The highest BCUT2D eigenvalue weighted by molar-refractivity contribution is 6.15. The Morgan fingerprint density at radius 3 is 2.43 bits per heavy atom. The second kappa shape index (κ2) is 6.09. The van der Waals surface area contributed by atoms with Crippen LogP contribution in [0.2, 0.25) is 0 Å². The van der Waals surface area contributed by atoms with Gasteiger partial charge in [0.05, 0.1) is 5.56 Å². The van der Waals surface area contributed by atoms with E-state index in [0.717, 1.165) is 22.0 Å². The lowest BCUT2D eigenvalue weighted by Crippen LogP contribution is -2.26. The zero-order chi connectivity index (χ0) is 16.4. The molecular weight excluding hydrogens is 285 g/mol. The smallest absolute Gasteiger partial charge is 0.249 e. The summed E-state index contributed by atoms with van der Waals surface area (Å²) in [6.45, 7) is 1.83. The third-order valence-corrected chi connectivity index (χ3v) is 4.04. The van der Waals surface area contributed by atoms with Gasteiger partial charge >= 0.3 is 0 Å². The maximum atomic E-state index is 12.6. The van der Waals surface area contributed by atoms with E-state index in [-0.39, 0.29) is 16.9 Å². The Labute approximate surface area is 135 Å². The molecule has 0 amide bonds. The van der Waals surface area contributed by atoms with Crippen LogP contribution in [0.5, 0.6) is 0 Å². The van der Waals surface area contributed by atoms with E-state index in [2.05, 4.69) is 0 Å². The molecule has 3 nitrogen and oxygen atoms in total. The largest absolute Gasteiger partial charge is 0.360 e. The number of rotatable bonds is 3. The van der Waals surface area contributed by atoms with E-state index in [0.29, 0.717) is 0 Å². The lowest BCUT2D eigenvalue weighted by Gasteiger charge is -2.11. The van der Waals surface area contributed by atoms with E-state index in [1.54, 1.807) is 14.1 Å². The van der Waals surface area contributed by atoms with E-state index >= 15 is 0 Å². The monoisotopic (exact) mass is 301 g/mol. The quantitative estimate of drug-likeness (QED) is 0.424. The number of carbonyl (C=O) groups is 1. The van der Waals surface area contributed by atoms with Gasteiger partial charge in [-0.15, -0.1) is 0 Å². The van der Waals surface area contributed by atoms with Gasteiger partial charge in [-0.05, 0) is 30.2 Å². The first-order valence-corrected chi connectivity index (χ1v) is 7.45. The first-order valence-electron chi connectivity index (χ1n) is 7.45. The summed E-state index contributed by atoms with van der Waals surface area (Å²) in [4.78, 5) is 25.1. The summed E-state index contributed by atoms with van der Waals surface area (Å²) in [6, 6.07) is 17.2. The summed E-state index contributed by atoms with van der Waals surface area (Å²) in [7, 11) is 1.70. The highest BCUT2D eigenvalue weighted by atomic mass is 16.1. The van der Waals surface area contributed by atoms with Gasteiger partial charge in [0.25, 0.3) is 0 Å². The van der Waals surface area contributed by atoms with Crippen molar-refractivity contribution in [2.75, 3.05) is 0 Å². The molecular formula is C19H16BNO2. The Morgan fingerprint density at radius 1 is 1.04 bits per heavy atom. The molecule has 0 saturated carbocycles. The fourth-order valence-corrected chi connectivity index (χ4v) is 2.76. The van der Waals surface area contributed by atoms with E-state index in [1.165, 1.54) is 10.6 Å². The van der Waals surface area contributed by atoms with Gasteiger partial charge in [-0.3, -0.25) is 9.59 Å². The van der Waals surface area contributed by atoms with Crippen molar-refractivity contribution in [3.63, 3.8) is 0 Å². The molecule has 1 aromatic heterocycles. The minimum absolute atomic E-state index is 0.235. The molecule has 4 heteroatoms. The summed E-state index contributed by atoms with van der Waals surface area (Å²) in [5, 5.41) is 0.922. The lowest BCUT2D eigenvalue weighted by molar-refractivity contribution is 0.104. The van der Waals surface area contributed by atoms with Crippen LogP contribution in [0.1, 0.15) is 21.5 Å². The first-order chi connectivity index (χ1) is 11.1. The molecule has 0 spiro atoms. The molecule has 0 aliphatic carbocycles. The molecule has 0 aliphatic rings. The number of nitrogens with zero attached hydrogens (tertiary/aromatic N) is 1. The average Bonchev–Trinajstić information content (AvgIpc) is 2.59. The Morgan fingerprint density at radius 2 is 1.70 bits per heavy atom. The van der Waals surface area contributed by atoms with Crippen molar-refractivity contribution in [3.05, 3.63) is 87.7 Å². The SMILES string of the molecule is Bn1c(=O)c(C(=O)/C=C/c2ccccc2)c(C)c2ccccc21. The minimum atomic E-state index is -0.266. The molecule has 0 bridgehead atoms. The van der Waals surface area contributed by atoms with Crippen LogP contribution in [-0.2, 0) is 0 Å². The van der Waals surface area contributed by atoms with Crippen LogP contribution in [0.15, 0.2) is 65.5 Å². The number of benzene rings is 2. The van der Waals surface area contributed by atoms with Crippen molar-refractivity contribution in [3.8, 4) is 0 Å². The van der Waals surface area contributed by atoms with Gasteiger partial charge in [0.1, 0.15) is 0 Å². The predicted molar refractivity (Wildman–Crippen MR) is 96.7 cm³/mol. The van der Waals surface area contributed by atoms with Gasteiger partial charge in [-0.25, -0.2) is 0 Å². The summed E-state index contributed by atoms with van der Waals surface area (Å²) in [5.74, 6) is -0.266. The van der Waals surface area contributed by atoms with E-state index in [1.807, 2.05) is 61.5 Å². The average molecular weight is 301 g/mol. The summed E-state index contributed by atoms with van der Waals surface area (Å²) in [6.07, 6.45) is 3.20. The van der Waals surface area contributed by atoms with Crippen molar-refractivity contribution in [1.82, 2.24) is 4.48 Å². The third kappa shape index (κ3) is 2.75. The number of fused-ring (bicyclic) bond motifs is 1. The molecule has 0 radical (unpaired) electrons. The molecule has 0 fully saturated rings. The van der Waals surface area contributed by atoms with Crippen molar-refractivity contribution < 1.29 is 4.79 Å². The predicted octanol–water partition coefficient (Wildman–Crippen LogP) is 2.60. The van der Waals surface area contributed by atoms with Gasteiger partial charge < -0.3 is 4.48 Å². The van der Waals surface area contributed by atoms with Gasteiger partial charge in [0.2, 0.25) is 13.5 Å². The first kappa shape index (κ1) is 15.0. The maximum absolute atomic E-state index is 12.6. The van der Waals surface area contributed by atoms with Gasteiger partial charge in [0, 0.05) is 10.9 Å². The molecule has 0 saturated heterocycles. The Kier molecular flexibility index (Phi) is 3.98. The summed E-state index contributed by atoms with van der Waals surface area (Å²) in [5.41, 5.74) is 2.46. The molecule has 0 unspecified atom stereocenters. The molecule has 0 aliphatic heterocycles. The van der Waals surface area contributed by atoms with E-state index < -0.39 is 0 Å². The number of para-hydroxylation sites is 1. The van der Waals surface area contributed by atoms with Gasteiger partial charge in [-0.1, -0.05) is 54.6 Å². The number of carbonyl (C=O) groups excluding carboxylic acids is 1. The van der Waals surface area contributed by atoms with E-state index in [9.17, 15) is 9.59 Å². The minimum Gasteiger partial charge on any atom is -0.360 e. The zero-order valence-corrected chi connectivity index (χ0v) is 13.1. The highest BCUT2D eigenvalue weighted by Gasteiger charge is 2.16. The number of ketones is 1. The second-order valence-electron chi connectivity index (χ2n) is 5.49. The number of pyridine rings is 1. The molecule has 0 atom stereocenters. The Balaban J connectivity index is 2.11. The van der Waals surface area contributed by atoms with Crippen molar-refractivity contribution in [1.29, 1.82) is 0 Å². The van der Waals surface area contributed by atoms with Crippen LogP contribution in [0.3, 0.4) is 0 Å². The topological polar surface area (TPSA) is 39.1 Å². The van der Waals surface area contributed by atoms with Gasteiger partial charge in [0.15, 0.2) is 5.78 Å². The standard InChI is InChI=1S/C19H16BNO2/c1-13-15-9-5-6-10-16(15)21(20)19(23)18(13)17(22)12-11-14-7-3-2-4-8-14/h2-12H,20H2,1H3/b12-11+. The van der Waals surface area contributed by atoms with Crippen molar-refractivity contribution in [2.45, 2.75) is 6.92 Å². The fourth-order valence-electron chi connectivity index (χ4n) is 2.76. The molecule has 2 aromatic carbocycles. The number of aromatic nitrogens is 1. The summed E-state index contributed by atoms with van der Waals surface area (Å²) >= 11 is 0. The Hall–Kier alpha value is -2.88. The molecule has 1 heterocycles. The van der Waals surface area contributed by atoms with Crippen LogP contribution < -0.4 is 5.56 Å². The normalized spacial score (nSPS) is 11.2. The molecule has 3 aromatic rings. The zero-order valence-electron chi connectivity index (χ0n) is 13.1. The molecule has 112 valence electrons. The van der Waals surface area contributed by atoms with Gasteiger partial charge in [-0.2, -0.15) is 0 Å². The molecule has 0 N–H and O–H groups in total. The van der Waals surface area contributed by atoms with Crippen LogP contribution in [0.4, 0.5) is 0 Å². The van der Waals surface area contributed by atoms with Crippen LogP contribution in [0, 0.1) is 6.92 Å². The third-order valence-electron chi connectivity index (χ3n) is 4.04.